The molecule has 3 aromatic rings. The molecule has 0 radical (unpaired) electrons. The van der Waals surface area contributed by atoms with Gasteiger partial charge in [0.05, 0.1) is 16.7 Å². The van der Waals surface area contributed by atoms with Crippen molar-refractivity contribution in [2.75, 3.05) is 18.4 Å². The number of carbonyl (C=O) groups excluding carboxylic acids is 1. The average molecular weight is 354 g/mol. The van der Waals surface area contributed by atoms with Crippen molar-refractivity contribution < 1.29 is 4.79 Å². The molecule has 1 atom stereocenters. The van der Waals surface area contributed by atoms with Gasteiger partial charge in [0.25, 0.3) is 5.91 Å². The lowest BCUT2D eigenvalue weighted by atomic mass is 10.2. The standard InChI is InChI=1S/C17H18N6OS/c1-10(12-6-3-4-7-18-12)19-17-21-13(16(24)23-8-5-9-23)14-15(22-17)20-11(2)25-14/h3-4,6-7,10H,5,8-9H2,1-2H3,(H,19,21,22). The van der Waals surface area contributed by atoms with Gasteiger partial charge in [-0.15, -0.1) is 11.3 Å². The molecule has 0 aliphatic carbocycles. The van der Waals surface area contributed by atoms with Gasteiger partial charge in [-0.2, -0.15) is 4.98 Å². The summed E-state index contributed by atoms with van der Waals surface area (Å²) in [5.74, 6) is 0.357. The molecule has 0 saturated carbocycles. The van der Waals surface area contributed by atoms with Gasteiger partial charge in [-0.05, 0) is 32.4 Å². The molecule has 4 heterocycles. The summed E-state index contributed by atoms with van der Waals surface area (Å²) in [7, 11) is 0. The van der Waals surface area contributed by atoms with Crippen molar-refractivity contribution in [3.63, 3.8) is 0 Å². The number of hydrogen-bond donors (Lipinski definition) is 1. The monoisotopic (exact) mass is 354 g/mol. The number of carbonyl (C=O) groups is 1. The van der Waals surface area contributed by atoms with Crippen LogP contribution in [-0.2, 0) is 0 Å². The van der Waals surface area contributed by atoms with Crippen LogP contribution in [0.25, 0.3) is 10.3 Å². The van der Waals surface area contributed by atoms with Crippen LogP contribution >= 0.6 is 11.3 Å². The number of nitrogens with one attached hydrogen (secondary N) is 1. The highest BCUT2D eigenvalue weighted by molar-refractivity contribution is 7.18. The van der Waals surface area contributed by atoms with Gasteiger partial charge in [-0.1, -0.05) is 6.07 Å². The van der Waals surface area contributed by atoms with Crippen molar-refractivity contribution in [1.29, 1.82) is 0 Å². The van der Waals surface area contributed by atoms with E-state index in [0.717, 1.165) is 34.9 Å². The van der Waals surface area contributed by atoms with Gasteiger partial charge in [0, 0.05) is 19.3 Å². The Morgan fingerprint density at radius 1 is 1.28 bits per heavy atom. The molecule has 128 valence electrons. The lowest BCUT2D eigenvalue weighted by Crippen LogP contribution is -2.42. The SMILES string of the molecule is Cc1nc2nc(NC(C)c3ccccn3)nc(C(=O)N3CCC3)c2s1. The van der Waals surface area contributed by atoms with Gasteiger partial charge in [0.15, 0.2) is 11.3 Å². The van der Waals surface area contributed by atoms with E-state index in [-0.39, 0.29) is 11.9 Å². The number of rotatable bonds is 4. The maximum atomic E-state index is 12.7. The Kier molecular flexibility index (Phi) is 4.04. The summed E-state index contributed by atoms with van der Waals surface area (Å²) in [6.45, 7) is 5.47. The van der Waals surface area contributed by atoms with E-state index in [9.17, 15) is 4.79 Å². The van der Waals surface area contributed by atoms with Gasteiger partial charge in [-0.3, -0.25) is 9.78 Å². The van der Waals surface area contributed by atoms with E-state index in [2.05, 4.69) is 25.3 Å². The van der Waals surface area contributed by atoms with Crippen molar-refractivity contribution in [3.05, 3.63) is 40.8 Å². The number of aromatic nitrogens is 4. The molecule has 1 aliphatic heterocycles. The van der Waals surface area contributed by atoms with Crippen molar-refractivity contribution in [3.8, 4) is 0 Å². The minimum Gasteiger partial charge on any atom is -0.346 e. The van der Waals surface area contributed by atoms with Crippen molar-refractivity contribution in [2.45, 2.75) is 26.3 Å². The summed E-state index contributed by atoms with van der Waals surface area (Å²) in [5, 5.41) is 4.11. The fourth-order valence-electron chi connectivity index (χ4n) is 2.71. The summed E-state index contributed by atoms with van der Waals surface area (Å²) in [5.41, 5.74) is 1.89. The van der Waals surface area contributed by atoms with Gasteiger partial charge >= 0.3 is 0 Å². The number of nitrogens with zero attached hydrogens (tertiary/aromatic N) is 5. The topological polar surface area (TPSA) is 83.9 Å². The highest BCUT2D eigenvalue weighted by Gasteiger charge is 2.27. The predicted octanol–water partition coefficient (Wildman–Crippen LogP) is 2.81. The van der Waals surface area contributed by atoms with Crippen LogP contribution in [0.5, 0.6) is 0 Å². The van der Waals surface area contributed by atoms with Gasteiger partial charge < -0.3 is 10.2 Å². The Hall–Kier alpha value is -2.61. The number of thiazole rings is 1. The van der Waals surface area contributed by atoms with Crippen LogP contribution in [0.1, 0.15) is 40.6 Å². The summed E-state index contributed by atoms with van der Waals surface area (Å²) in [6, 6.07) is 5.67. The molecule has 4 rings (SSSR count). The molecule has 25 heavy (non-hydrogen) atoms. The van der Waals surface area contributed by atoms with Crippen LogP contribution in [-0.4, -0.2) is 43.8 Å². The first-order chi connectivity index (χ1) is 12.1. The highest BCUT2D eigenvalue weighted by atomic mass is 32.1. The maximum absolute atomic E-state index is 12.7. The number of pyridine rings is 1. The van der Waals surface area contributed by atoms with Crippen LogP contribution in [0.4, 0.5) is 5.95 Å². The van der Waals surface area contributed by atoms with Gasteiger partial charge in [-0.25, -0.2) is 9.97 Å². The summed E-state index contributed by atoms with van der Waals surface area (Å²) < 4.78 is 0.755. The molecule has 0 aromatic carbocycles. The van der Waals surface area contributed by atoms with E-state index in [1.54, 1.807) is 6.20 Å². The molecule has 1 fully saturated rings. The minimum absolute atomic E-state index is 0.0455. The van der Waals surface area contributed by atoms with Crippen molar-refractivity contribution in [2.24, 2.45) is 0 Å². The fourth-order valence-corrected chi connectivity index (χ4v) is 3.55. The van der Waals surface area contributed by atoms with Crippen LogP contribution < -0.4 is 5.32 Å². The minimum atomic E-state index is -0.0784. The smallest absolute Gasteiger partial charge is 0.274 e. The van der Waals surface area contributed by atoms with Crippen LogP contribution in [0.2, 0.25) is 0 Å². The van der Waals surface area contributed by atoms with E-state index in [1.165, 1.54) is 11.3 Å². The lowest BCUT2D eigenvalue weighted by molar-refractivity contribution is 0.0648. The Balaban J connectivity index is 1.70. The zero-order valence-electron chi connectivity index (χ0n) is 14.1. The zero-order chi connectivity index (χ0) is 17.4. The number of fused-ring (bicyclic) bond motifs is 1. The normalized spacial score (nSPS) is 15.0. The second-order valence-corrected chi connectivity index (χ2v) is 7.25. The molecular formula is C17H18N6OS. The third-order valence-electron chi connectivity index (χ3n) is 4.18. The van der Waals surface area contributed by atoms with Crippen LogP contribution in [0.15, 0.2) is 24.4 Å². The second-order valence-electron chi connectivity index (χ2n) is 6.05. The van der Waals surface area contributed by atoms with Gasteiger partial charge in [0.2, 0.25) is 5.95 Å². The van der Waals surface area contributed by atoms with E-state index in [4.69, 9.17) is 0 Å². The first-order valence-electron chi connectivity index (χ1n) is 8.24. The third-order valence-corrected chi connectivity index (χ3v) is 5.15. The first kappa shape index (κ1) is 15.9. The van der Waals surface area contributed by atoms with Crippen molar-refractivity contribution in [1.82, 2.24) is 24.8 Å². The van der Waals surface area contributed by atoms with Crippen LogP contribution in [0.3, 0.4) is 0 Å². The molecule has 3 aromatic heterocycles. The highest BCUT2D eigenvalue weighted by Crippen LogP contribution is 2.27. The molecule has 1 saturated heterocycles. The van der Waals surface area contributed by atoms with E-state index in [1.807, 2.05) is 36.9 Å². The predicted molar refractivity (Wildman–Crippen MR) is 96.7 cm³/mol. The molecular weight excluding hydrogens is 336 g/mol. The maximum Gasteiger partial charge on any atom is 0.274 e. The molecule has 1 N–H and O–H groups in total. The van der Waals surface area contributed by atoms with Crippen molar-refractivity contribution >= 4 is 33.5 Å². The molecule has 1 aliphatic rings. The number of hydrogen-bond acceptors (Lipinski definition) is 7. The second kappa shape index (κ2) is 6.36. The fraction of sp³-hybridized carbons (Fsp3) is 0.353. The quantitative estimate of drug-likeness (QED) is 0.776. The third kappa shape index (κ3) is 3.05. The van der Waals surface area contributed by atoms with E-state index in [0.29, 0.717) is 17.3 Å². The lowest BCUT2D eigenvalue weighted by Gasteiger charge is -2.30. The summed E-state index contributed by atoms with van der Waals surface area (Å²) in [6.07, 6.45) is 2.80. The Bertz CT molecular complexity index is 922. The first-order valence-corrected chi connectivity index (χ1v) is 9.05. The Morgan fingerprint density at radius 2 is 2.12 bits per heavy atom. The average Bonchev–Trinajstić information content (AvgIpc) is 2.93. The molecule has 7 nitrogen and oxygen atoms in total. The summed E-state index contributed by atoms with van der Waals surface area (Å²) >= 11 is 1.46. The van der Waals surface area contributed by atoms with Gasteiger partial charge in [0.1, 0.15) is 4.70 Å². The summed E-state index contributed by atoms with van der Waals surface area (Å²) in [4.78, 5) is 32.3. The Morgan fingerprint density at radius 3 is 2.80 bits per heavy atom. The van der Waals surface area contributed by atoms with E-state index >= 15 is 0 Å². The molecule has 8 heteroatoms. The molecule has 1 amide bonds. The number of amides is 1. The zero-order valence-corrected chi connectivity index (χ0v) is 14.9. The largest absolute Gasteiger partial charge is 0.346 e. The number of likely N-dealkylation sites (tertiary alicyclic amines) is 1. The number of anilines is 1. The Labute approximate surface area is 149 Å². The van der Waals surface area contributed by atoms with E-state index < -0.39 is 0 Å². The van der Waals surface area contributed by atoms with Crippen LogP contribution in [0, 0.1) is 6.92 Å². The number of aryl methyl sites for hydroxylation is 1. The molecule has 0 bridgehead atoms. The molecule has 1 unspecified atom stereocenters. The molecule has 0 spiro atoms.